The van der Waals surface area contributed by atoms with Crippen molar-refractivity contribution >= 4 is 34.2 Å². The molecule has 0 spiro atoms. The Balaban J connectivity index is 2.73. The lowest BCUT2D eigenvalue weighted by Gasteiger charge is -2.27. The van der Waals surface area contributed by atoms with E-state index in [-0.39, 0.29) is 18.4 Å². The van der Waals surface area contributed by atoms with Crippen molar-refractivity contribution in [3.63, 3.8) is 0 Å². The van der Waals surface area contributed by atoms with Crippen molar-refractivity contribution < 1.29 is 9.90 Å². The van der Waals surface area contributed by atoms with Gasteiger partial charge in [-0.25, -0.2) is 0 Å². The van der Waals surface area contributed by atoms with E-state index < -0.39 is 6.10 Å². The molecule has 1 N–H and O–H groups in total. The number of carbonyl (C=O) groups excluding carboxylic acids is 1. The van der Waals surface area contributed by atoms with Gasteiger partial charge >= 0.3 is 0 Å². The molecule has 0 radical (unpaired) electrons. The molecule has 0 aromatic rings. The van der Waals surface area contributed by atoms with Crippen molar-refractivity contribution in [2.45, 2.75) is 46.3 Å². The van der Waals surface area contributed by atoms with Gasteiger partial charge in [-0.3, -0.25) is 9.69 Å². The Kier molecular flexibility index (Phi) is 5.82. The number of rotatable bonds is 4. The summed E-state index contributed by atoms with van der Waals surface area (Å²) in [5.41, 5.74) is 0.821. The second-order valence-electron chi connectivity index (χ2n) is 4.90. The standard InChI is InChI=1S/C13H21NO2S2/c1-5-9(4)11(15)6-12(16)14-10(8(2)3)7-18-13(14)17/h5,8,10-11,15H,6-7H2,1-4H3. The molecule has 102 valence electrons. The minimum Gasteiger partial charge on any atom is -0.388 e. The highest BCUT2D eigenvalue weighted by Crippen LogP contribution is 2.29. The van der Waals surface area contributed by atoms with Crippen LogP contribution in [0.25, 0.3) is 0 Å². The first kappa shape index (κ1) is 15.7. The van der Waals surface area contributed by atoms with Crippen LogP contribution in [-0.4, -0.2) is 38.1 Å². The smallest absolute Gasteiger partial charge is 0.231 e. The maximum atomic E-state index is 12.2. The summed E-state index contributed by atoms with van der Waals surface area (Å²) in [5.74, 6) is 1.17. The molecule has 1 rings (SSSR count). The second-order valence-corrected chi connectivity index (χ2v) is 6.56. The second kappa shape index (κ2) is 6.68. The predicted molar refractivity (Wildman–Crippen MR) is 80.6 cm³/mol. The summed E-state index contributed by atoms with van der Waals surface area (Å²) in [7, 11) is 0. The third-order valence-corrected chi connectivity index (χ3v) is 4.80. The zero-order chi connectivity index (χ0) is 13.9. The van der Waals surface area contributed by atoms with E-state index in [2.05, 4.69) is 13.8 Å². The highest BCUT2D eigenvalue weighted by molar-refractivity contribution is 8.23. The lowest BCUT2D eigenvalue weighted by Crippen LogP contribution is -2.42. The molecule has 0 aromatic heterocycles. The van der Waals surface area contributed by atoms with Crippen LogP contribution in [0, 0.1) is 5.92 Å². The van der Waals surface area contributed by atoms with E-state index in [4.69, 9.17) is 12.2 Å². The van der Waals surface area contributed by atoms with Gasteiger partial charge in [0.25, 0.3) is 0 Å². The van der Waals surface area contributed by atoms with Crippen LogP contribution in [0.15, 0.2) is 11.6 Å². The number of amides is 1. The van der Waals surface area contributed by atoms with Gasteiger partial charge < -0.3 is 5.11 Å². The maximum absolute atomic E-state index is 12.2. The number of aliphatic hydroxyl groups excluding tert-OH is 1. The van der Waals surface area contributed by atoms with Crippen LogP contribution in [0.2, 0.25) is 0 Å². The fraction of sp³-hybridized carbons (Fsp3) is 0.692. The van der Waals surface area contributed by atoms with Crippen LogP contribution in [0.3, 0.4) is 0 Å². The van der Waals surface area contributed by atoms with Gasteiger partial charge in [-0.2, -0.15) is 0 Å². The summed E-state index contributed by atoms with van der Waals surface area (Å²) in [6.07, 6.45) is 1.23. The first-order valence-corrected chi connectivity index (χ1v) is 7.57. The highest BCUT2D eigenvalue weighted by atomic mass is 32.2. The number of hydrogen-bond donors (Lipinski definition) is 1. The molecule has 18 heavy (non-hydrogen) atoms. The molecule has 1 fully saturated rings. The predicted octanol–water partition coefficient (Wildman–Crippen LogP) is 2.59. The monoisotopic (exact) mass is 287 g/mol. The number of thioether (sulfide) groups is 1. The molecule has 2 atom stereocenters. The minimum absolute atomic E-state index is 0.0719. The molecule has 0 aliphatic carbocycles. The first-order chi connectivity index (χ1) is 8.38. The van der Waals surface area contributed by atoms with Gasteiger partial charge in [-0.05, 0) is 25.3 Å². The molecule has 1 heterocycles. The van der Waals surface area contributed by atoms with Crippen LogP contribution in [-0.2, 0) is 4.79 Å². The average Bonchev–Trinajstić information content (AvgIpc) is 2.69. The van der Waals surface area contributed by atoms with E-state index in [1.807, 2.05) is 19.9 Å². The van der Waals surface area contributed by atoms with E-state index in [1.165, 1.54) is 0 Å². The van der Waals surface area contributed by atoms with Crippen LogP contribution in [0.1, 0.15) is 34.1 Å². The molecule has 1 amide bonds. The molecule has 2 unspecified atom stereocenters. The molecule has 0 aromatic carbocycles. The summed E-state index contributed by atoms with van der Waals surface area (Å²) in [6, 6.07) is 0.160. The number of hydrogen-bond acceptors (Lipinski definition) is 4. The third-order valence-electron chi connectivity index (χ3n) is 3.29. The van der Waals surface area contributed by atoms with Gasteiger partial charge in [0.1, 0.15) is 4.32 Å². The Labute approximate surface area is 119 Å². The van der Waals surface area contributed by atoms with Crippen LogP contribution in [0.4, 0.5) is 0 Å². The molecular formula is C13H21NO2S2. The zero-order valence-corrected chi connectivity index (χ0v) is 13.0. The van der Waals surface area contributed by atoms with E-state index in [0.29, 0.717) is 10.2 Å². The van der Waals surface area contributed by atoms with Crippen molar-refractivity contribution in [1.29, 1.82) is 0 Å². The number of aliphatic hydroxyl groups is 1. The summed E-state index contributed by atoms with van der Waals surface area (Å²) in [5, 5.41) is 9.89. The van der Waals surface area contributed by atoms with Crippen molar-refractivity contribution in [1.82, 2.24) is 4.90 Å². The van der Waals surface area contributed by atoms with Gasteiger partial charge in [0.15, 0.2) is 0 Å². The Morgan fingerprint density at radius 3 is 2.78 bits per heavy atom. The molecule has 1 aliphatic rings. The molecule has 1 aliphatic heterocycles. The topological polar surface area (TPSA) is 40.5 Å². The number of nitrogens with zero attached hydrogens (tertiary/aromatic N) is 1. The van der Waals surface area contributed by atoms with Crippen molar-refractivity contribution in [2.24, 2.45) is 5.92 Å². The van der Waals surface area contributed by atoms with Crippen molar-refractivity contribution in [3.8, 4) is 0 Å². The van der Waals surface area contributed by atoms with Gasteiger partial charge in [0, 0.05) is 11.8 Å². The number of carbonyl (C=O) groups is 1. The Bertz CT molecular complexity index is 366. The van der Waals surface area contributed by atoms with E-state index in [9.17, 15) is 9.90 Å². The Morgan fingerprint density at radius 2 is 2.28 bits per heavy atom. The van der Waals surface area contributed by atoms with E-state index in [0.717, 1.165) is 11.3 Å². The third kappa shape index (κ3) is 3.56. The first-order valence-electron chi connectivity index (χ1n) is 6.18. The average molecular weight is 287 g/mol. The van der Waals surface area contributed by atoms with Crippen LogP contribution in [0.5, 0.6) is 0 Å². The van der Waals surface area contributed by atoms with E-state index in [1.54, 1.807) is 16.7 Å². The summed E-state index contributed by atoms with van der Waals surface area (Å²) < 4.78 is 0.643. The molecule has 1 saturated heterocycles. The quantitative estimate of drug-likeness (QED) is 0.637. The Hall–Kier alpha value is -0.390. The molecule has 0 bridgehead atoms. The van der Waals surface area contributed by atoms with Gasteiger partial charge in [0.05, 0.1) is 12.5 Å². The van der Waals surface area contributed by atoms with Gasteiger partial charge in [0.2, 0.25) is 5.91 Å². The SMILES string of the molecule is CC=C(C)C(O)CC(=O)N1C(=S)SCC1C(C)C. The Morgan fingerprint density at radius 1 is 1.67 bits per heavy atom. The molecule has 0 saturated carbocycles. The van der Waals surface area contributed by atoms with E-state index >= 15 is 0 Å². The zero-order valence-electron chi connectivity index (χ0n) is 11.3. The lowest BCUT2D eigenvalue weighted by molar-refractivity contribution is -0.130. The fourth-order valence-corrected chi connectivity index (χ4v) is 3.50. The normalized spacial score (nSPS) is 22.8. The van der Waals surface area contributed by atoms with Gasteiger partial charge in [-0.1, -0.05) is 43.9 Å². The minimum atomic E-state index is -0.705. The molecule has 3 nitrogen and oxygen atoms in total. The molecular weight excluding hydrogens is 266 g/mol. The highest BCUT2D eigenvalue weighted by Gasteiger charge is 2.36. The van der Waals surface area contributed by atoms with Crippen LogP contribution < -0.4 is 0 Å². The molecule has 5 heteroatoms. The summed E-state index contributed by atoms with van der Waals surface area (Å²) in [4.78, 5) is 13.9. The van der Waals surface area contributed by atoms with Gasteiger partial charge in [-0.15, -0.1) is 0 Å². The van der Waals surface area contributed by atoms with Crippen molar-refractivity contribution in [3.05, 3.63) is 11.6 Å². The number of allylic oxidation sites excluding steroid dienone is 1. The van der Waals surface area contributed by atoms with Crippen molar-refractivity contribution in [2.75, 3.05) is 5.75 Å². The summed E-state index contributed by atoms with van der Waals surface area (Å²) in [6.45, 7) is 7.87. The lowest BCUT2D eigenvalue weighted by atomic mass is 10.0. The largest absolute Gasteiger partial charge is 0.388 e. The number of thiocarbonyl (C=S) groups is 1. The van der Waals surface area contributed by atoms with Crippen LogP contribution >= 0.6 is 24.0 Å². The summed E-state index contributed by atoms with van der Waals surface area (Å²) >= 11 is 6.78. The fourth-order valence-electron chi connectivity index (χ4n) is 1.83. The maximum Gasteiger partial charge on any atom is 0.231 e.